The Morgan fingerprint density at radius 1 is 1.40 bits per heavy atom. The number of amides is 1. The molecule has 0 spiro atoms. The molecule has 1 unspecified atom stereocenters. The number of carbonyl (C=O) groups excluding carboxylic acids is 1. The van der Waals surface area contributed by atoms with Gasteiger partial charge in [-0.05, 0) is 12.1 Å². The summed E-state index contributed by atoms with van der Waals surface area (Å²) in [5, 5.41) is 9.81. The second kappa shape index (κ2) is 6.48. The summed E-state index contributed by atoms with van der Waals surface area (Å²) in [6.07, 6.45) is 2.41. The molecule has 3 heterocycles. The highest BCUT2D eigenvalue weighted by atomic mass is 19.1. The fraction of sp³-hybridized carbons (Fsp3) is 0.235. The fourth-order valence-corrected chi connectivity index (χ4v) is 2.90. The summed E-state index contributed by atoms with van der Waals surface area (Å²) in [6.45, 7) is 0.866. The Labute approximate surface area is 142 Å². The van der Waals surface area contributed by atoms with Crippen molar-refractivity contribution in [1.29, 1.82) is 0 Å². The van der Waals surface area contributed by atoms with Gasteiger partial charge in [0.2, 0.25) is 5.91 Å². The first-order valence-electron chi connectivity index (χ1n) is 7.96. The molecule has 7 nitrogen and oxygen atoms in total. The first kappa shape index (κ1) is 15.5. The molecule has 25 heavy (non-hydrogen) atoms. The number of H-pyrrole nitrogens is 1. The van der Waals surface area contributed by atoms with Crippen LogP contribution >= 0.6 is 0 Å². The van der Waals surface area contributed by atoms with Crippen molar-refractivity contribution >= 4 is 5.91 Å². The molecule has 1 aromatic carbocycles. The molecule has 1 aliphatic rings. The summed E-state index contributed by atoms with van der Waals surface area (Å²) < 4.78 is 19.0. The first-order valence-corrected chi connectivity index (χ1v) is 7.96. The highest BCUT2D eigenvalue weighted by molar-refractivity contribution is 5.83. The molecule has 8 heteroatoms. The third-order valence-electron chi connectivity index (χ3n) is 4.16. The van der Waals surface area contributed by atoms with E-state index in [-0.39, 0.29) is 18.3 Å². The lowest BCUT2D eigenvalue weighted by Crippen LogP contribution is -2.41. The van der Waals surface area contributed by atoms with Crippen molar-refractivity contribution in [2.24, 2.45) is 0 Å². The second-order valence-electron chi connectivity index (χ2n) is 5.78. The number of benzene rings is 1. The van der Waals surface area contributed by atoms with Crippen LogP contribution < -0.4 is 10.6 Å². The molecular formula is C17H16FN5O2. The van der Waals surface area contributed by atoms with E-state index in [4.69, 9.17) is 4.52 Å². The molecule has 128 valence electrons. The van der Waals surface area contributed by atoms with E-state index in [1.54, 1.807) is 30.6 Å². The van der Waals surface area contributed by atoms with Crippen LogP contribution in [0.25, 0.3) is 11.3 Å². The highest BCUT2D eigenvalue weighted by Crippen LogP contribution is 2.22. The molecule has 1 amide bonds. The average Bonchev–Trinajstić information content (AvgIpc) is 3.29. The van der Waals surface area contributed by atoms with Crippen molar-refractivity contribution in [3.05, 3.63) is 59.6 Å². The Morgan fingerprint density at radius 3 is 3.16 bits per heavy atom. The quantitative estimate of drug-likeness (QED) is 0.671. The standard InChI is InChI=1S/C17H16FN5O2/c18-12-4-2-1-3-11(12)14-7-10(25-23-14)8-20-17(24)16-15-13(5-6-19-16)21-9-22-15/h1-4,7,9,16,19H,5-6,8H2,(H,20,24)(H,21,22). The van der Waals surface area contributed by atoms with Gasteiger partial charge >= 0.3 is 0 Å². The Hall–Kier alpha value is -3.00. The topological polar surface area (TPSA) is 95.8 Å². The molecule has 0 saturated heterocycles. The predicted molar refractivity (Wildman–Crippen MR) is 86.8 cm³/mol. The molecule has 0 bridgehead atoms. The van der Waals surface area contributed by atoms with Crippen LogP contribution in [-0.4, -0.2) is 27.6 Å². The molecule has 1 aliphatic heterocycles. The zero-order chi connectivity index (χ0) is 17.2. The van der Waals surface area contributed by atoms with Crippen molar-refractivity contribution in [2.45, 2.75) is 19.0 Å². The fourth-order valence-electron chi connectivity index (χ4n) is 2.90. The maximum absolute atomic E-state index is 13.8. The summed E-state index contributed by atoms with van der Waals surface area (Å²) in [7, 11) is 0. The van der Waals surface area contributed by atoms with Crippen LogP contribution in [-0.2, 0) is 17.8 Å². The minimum absolute atomic E-state index is 0.165. The minimum Gasteiger partial charge on any atom is -0.359 e. The first-order chi connectivity index (χ1) is 12.2. The van der Waals surface area contributed by atoms with Gasteiger partial charge in [0.25, 0.3) is 0 Å². The lowest BCUT2D eigenvalue weighted by molar-refractivity contribution is -0.123. The molecule has 0 saturated carbocycles. The Morgan fingerprint density at radius 2 is 2.28 bits per heavy atom. The van der Waals surface area contributed by atoms with E-state index in [1.165, 1.54) is 6.07 Å². The summed E-state index contributed by atoms with van der Waals surface area (Å²) in [5.41, 5.74) is 2.44. The maximum Gasteiger partial charge on any atom is 0.243 e. The van der Waals surface area contributed by atoms with E-state index in [1.807, 2.05) is 0 Å². The normalized spacial score (nSPS) is 16.4. The smallest absolute Gasteiger partial charge is 0.243 e. The SMILES string of the molecule is O=C(NCc1cc(-c2ccccc2F)no1)C1NCCc2[nH]cnc21. The average molecular weight is 341 g/mol. The van der Waals surface area contributed by atoms with Crippen LogP contribution in [0.2, 0.25) is 0 Å². The van der Waals surface area contributed by atoms with Crippen LogP contribution in [0, 0.1) is 5.82 Å². The summed E-state index contributed by atoms with van der Waals surface area (Å²) in [4.78, 5) is 19.7. The molecule has 1 atom stereocenters. The summed E-state index contributed by atoms with van der Waals surface area (Å²) in [5.74, 6) is -0.120. The van der Waals surface area contributed by atoms with Gasteiger partial charge in [-0.25, -0.2) is 9.37 Å². The van der Waals surface area contributed by atoms with Crippen molar-refractivity contribution < 1.29 is 13.7 Å². The van der Waals surface area contributed by atoms with Gasteiger partial charge in [-0.1, -0.05) is 17.3 Å². The largest absolute Gasteiger partial charge is 0.359 e. The number of aromatic amines is 1. The number of carbonyl (C=O) groups is 1. The number of rotatable bonds is 4. The van der Waals surface area contributed by atoms with Crippen molar-refractivity contribution in [1.82, 2.24) is 25.8 Å². The Kier molecular flexibility index (Phi) is 4.02. The van der Waals surface area contributed by atoms with Gasteiger partial charge in [0, 0.05) is 30.3 Å². The van der Waals surface area contributed by atoms with Crippen LogP contribution in [0.3, 0.4) is 0 Å². The number of imidazole rings is 1. The number of hydrogen-bond acceptors (Lipinski definition) is 5. The van der Waals surface area contributed by atoms with Gasteiger partial charge in [0.15, 0.2) is 5.76 Å². The number of hydrogen-bond donors (Lipinski definition) is 3. The lowest BCUT2D eigenvalue weighted by atomic mass is 10.1. The van der Waals surface area contributed by atoms with Crippen molar-refractivity contribution in [3.63, 3.8) is 0 Å². The highest BCUT2D eigenvalue weighted by Gasteiger charge is 2.28. The molecule has 0 radical (unpaired) electrons. The van der Waals surface area contributed by atoms with Gasteiger partial charge in [0.05, 0.1) is 18.6 Å². The van der Waals surface area contributed by atoms with Gasteiger partial charge in [-0.15, -0.1) is 0 Å². The van der Waals surface area contributed by atoms with Crippen LogP contribution in [0.4, 0.5) is 4.39 Å². The zero-order valence-corrected chi connectivity index (χ0v) is 13.3. The molecule has 0 aliphatic carbocycles. The number of nitrogens with zero attached hydrogens (tertiary/aromatic N) is 2. The van der Waals surface area contributed by atoms with E-state index < -0.39 is 6.04 Å². The zero-order valence-electron chi connectivity index (χ0n) is 13.3. The minimum atomic E-state index is -0.496. The Bertz CT molecular complexity index is 904. The molecule has 4 rings (SSSR count). The number of nitrogens with one attached hydrogen (secondary N) is 3. The van der Waals surface area contributed by atoms with Gasteiger partial charge < -0.3 is 20.1 Å². The molecular weight excluding hydrogens is 325 g/mol. The van der Waals surface area contributed by atoms with Crippen LogP contribution in [0.15, 0.2) is 41.2 Å². The number of halogens is 1. The van der Waals surface area contributed by atoms with Gasteiger partial charge in [-0.2, -0.15) is 0 Å². The Balaban J connectivity index is 1.43. The van der Waals surface area contributed by atoms with Crippen LogP contribution in [0.1, 0.15) is 23.2 Å². The van der Waals surface area contributed by atoms with Gasteiger partial charge in [-0.3, -0.25) is 4.79 Å². The summed E-state index contributed by atoms with van der Waals surface area (Å²) >= 11 is 0. The predicted octanol–water partition coefficient (Wildman–Crippen LogP) is 1.71. The van der Waals surface area contributed by atoms with Crippen molar-refractivity contribution in [2.75, 3.05) is 6.54 Å². The van der Waals surface area contributed by atoms with E-state index in [0.29, 0.717) is 29.3 Å². The molecule has 3 N–H and O–H groups in total. The molecule has 0 fully saturated rings. The third-order valence-corrected chi connectivity index (χ3v) is 4.16. The third kappa shape index (κ3) is 3.03. The summed E-state index contributed by atoms with van der Waals surface area (Å²) in [6, 6.07) is 7.45. The van der Waals surface area contributed by atoms with Crippen molar-refractivity contribution in [3.8, 4) is 11.3 Å². The van der Waals surface area contributed by atoms with E-state index >= 15 is 0 Å². The monoisotopic (exact) mass is 341 g/mol. The van der Waals surface area contributed by atoms with E-state index in [9.17, 15) is 9.18 Å². The van der Waals surface area contributed by atoms with Crippen LogP contribution in [0.5, 0.6) is 0 Å². The molecule has 2 aromatic heterocycles. The van der Waals surface area contributed by atoms with E-state index in [2.05, 4.69) is 25.8 Å². The lowest BCUT2D eigenvalue weighted by Gasteiger charge is -2.21. The number of aromatic nitrogens is 3. The second-order valence-corrected chi connectivity index (χ2v) is 5.78. The molecule has 3 aromatic rings. The van der Waals surface area contributed by atoms with E-state index in [0.717, 1.165) is 12.1 Å². The maximum atomic E-state index is 13.8. The van der Waals surface area contributed by atoms with Gasteiger partial charge in [0.1, 0.15) is 17.6 Å². The number of fused-ring (bicyclic) bond motifs is 1.